The van der Waals surface area contributed by atoms with Gasteiger partial charge in [-0.2, -0.15) is 0 Å². The lowest BCUT2D eigenvalue weighted by molar-refractivity contribution is 0.763. The summed E-state index contributed by atoms with van der Waals surface area (Å²) in [6.45, 7) is 2.05. The largest absolute Gasteiger partial charge is 0.367 e. The molecule has 0 bridgehead atoms. The van der Waals surface area contributed by atoms with Crippen LogP contribution in [0.25, 0.3) is 0 Å². The first kappa shape index (κ1) is 14.0. The van der Waals surface area contributed by atoms with Crippen LogP contribution < -0.4 is 4.90 Å². The van der Waals surface area contributed by atoms with Crippen molar-refractivity contribution in [2.24, 2.45) is 0 Å². The maximum Gasteiger partial charge on any atom is 0.0494 e. The van der Waals surface area contributed by atoms with Crippen LogP contribution in [0.3, 0.4) is 0 Å². The Labute approximate surface area is 133 Å². The average molecular weight is 351 g/mol. The van der Waals surface area contributed by atoms with E-state index in [9.17, 15) is 0 Å². The van der Waals surface area contributed by atoms with E-state index in [0.29, 0.717) is 5.88 Å². The molecule has 20 heavy (non-hydrogen) atoms. The molecule has 0 saturated carbocycles. The van der Waals surface area contributed by atoms with Crippen molar-refractivity contribution in [3.05, 3.63) is 63.6 Å². The van der Waals surface area contributed by atoms with Gasteiger partial charge in [-0.25, -0.2) is 0 Å². The molecule has 3 rings (SSSR count). The van der Waals surface area contributed by atoms with Crippen molar-refractivity contribution in [3.8, 4) is 0 Å². The van der Waals surface area contributed by atoms with E-state index in [2.05, 4.69) is 63.3 Å². The Bertz CT molecular complexity index is 612. The first-order valence-corrected chi connectivity index (χ1v) is 8.27. The number of anilines is 1. The van der Waals surface area contributed by atoms with Gasteiger partial charge < -0.3 is 4.90 Å². The molecule has 1 aliphatic rings. The van der Waals surface area contributed by atoms with Crippen LogP contribution in [0.1, 0.15) is 23.1 Å². The molecule has 0 saturated heterocycles. The molecular formula is C17H17BrClN. The normalized spacial score (nSPS) is 14.8. The monoisotopic (exact) mass is 349 g/mol. The van der Waals surface area contributed by atoms with Crippen molar-refractivity contribution in [1.82, 2.24) is 0 Å². The number of rotatable bonds is 2. The zero-order valence-electron chi connectivity index (χ0n) is 11.3. The Morgan fingerprint density at radius 2 is 1.90 bits per heavy atom. The predicted octanol–water partition coefficient (Wildman–Crippen LogP) is 5.14. The minimum Gasteiger partial charge on any atom is -0.367 e. The van der Waals surface area contributed by atoms with Crippen molar-refractivity contribution >= 4 is 33.2 Å². The second-order valence-corrected chi connectivity index (χ2v) is 6.38. The van der Waals surface area contributed by atoms with Crippen molar-refractivity contribution in [3.63, 3.8) is 0 Å². The van der Waals surface area contributed by atoms with Crippen molar-refractivity contribution in [2.75, 3.05) is 11.4 Å². The number of fused-ring (bicyclic) bond motifs is 1. The molecule has 0 atom stereocenters. The molecule has 0 unspecified atom stereocenters. The summed E-state index contributed by atoms with van der Waals surface area (Å²) < 4.78 is 1.11. The summed E-state index contributed by atoms with van der Waals surface area (Å²) in [7, 11) is 0. The molecule has 0 radical (unpaired) electrons. The number of benzene rings is 2. The van der Waals surface area contributed by atoms with Crippen LogP contribution >= 0.6 is 27.5 Å². The molecule has 0 fully saturated rings. The van der Waals surface area contributed by atoms with Gasteiger partial charge in [-0.1, -0.05) is 46.3 Å². The van der Waals surface area contributed by atoms with Gasteiger partial charge in [0.2, 0.25) is 0 Å². The zero-order chi connectivity index (χ0) is 13.9. The van der Waals surface area contributed by atoms with Crippen molar-refractivity contribution < 1.29 is 0 Å². The second kappa shape index (κ2) is 6.19. The van der Waals surface area contributed by atoms with Gasteiger partial charge in [0, 0.05) is 29.1 Å². The minimum absolute atomic E-state index is 0.556. The lowest BCUT2D eigenvalue weighted by Gasteiger charge is -2.25. The third-order valence-corrected chi connectivity index (χ3v) is 4.67. The van der Waals surface area contributed by atoms with E-state index in [1.807, 2.05) is 0 Å². The van der Waals surface area contributed by atoms with Gasteiger partial charge in [0.1, 0.15) is 0 Å². The van der Waals surface area contributed by atoms with Gasteiger partial charge in [0.15, 0.2) is 0 Å². The Balaban J connectivity index is 1.97. The molecule has 3 heteroatoms. The quantitative estimate of drug-likeness (QED) is 0.678. The SMILES string of the molecule is ClCc1ccc(Br)cc1N1CCCc2ccccc2C1. The fraction of sp³-hybridized carbons (Fsp3) is 0.294. The molecule has 2 aromatic carbocycles. The zero-order valence-corrected chi connectivity index (χ0v) is 13.6. The van der Waals surface area contributed by atoms with Gasteiger partial charge in [-0.05, 0) is 41.7 Å². The summed E-state index contributed by atoms with van der Waals surface area (Å²) in [6, 6.07) is 15.1. The van der Waals surface area contributed by atoms with Gasteiger partial charge in [-0.3, -0.25) is 0 Å². The first-order chi connectivity index (χ1) is 9.78. The summed E-state index contributed by atoms with van der Waals surface area (Å²) in [5.74, 6) is 0.556. The summed E-state index contributed by atoms with van der Waals surface area (Å²) in [6.07, 6.45) is 2.35. The van der Waals surface area contributed by atoms with E-state index in [1.165, 1.54) is 28.8 Å². The molecule has 1 heterocycles. The van der Waals surface area contributed by atoms with Gasteiger partial charge in [0.25, 0.3) is 0 Å². The summed E-state index contributed by atoms with van der Waals surface area (Å²) in [5.41, 5.74) is 5.38. The summed E-state index contributed by atoms with van der Waals surface area (Å²) >= 11 is 9.68. The Morgan fingerprint density at radius 1 is 1.10 bits per heavy atom. The molecule has 0 amide bonds. The van der Waals surface area contributed by atoms with E-state index < -0.39 is 0 Å². The van der Waals surface area contributed by atoms with Gasteiger partial charge in [-0.15, -0.1) is 11.6 Å². The molecule has 1 nitrogen and oxygen atoms in total. The van der Waals surface area contributed by atoms with Crippen molar-refractivity contribution in [2.45, 2.75) is 25.3 Å². The molecule has 0 N–H and O–H groups in total. The fourth-order valence-electron chi connectivity index (χ4n) is 2.85. The molecular weight excluding hydrogens is 334 g/mol. The molecule has 104 valence electrons. The van der Waals surface area contributed by atoms with Crippen LogP contribution in [0, 0.1) is 0 Å². The third kappa shape index (κ3) is 2.87. The number of nitrogens with zero attached hydrogens (tertiary/aromatic N) is 1. The predicted molar refractivity (Wildman–Crippen MR) is 89.5 cm³/mol. The van der Waals surface area contributed by atoms with Crippen LogP contribution in [0.15, 0.2) is 46.9 Å². The smallest absolute Gasteiger partial charge is 0.0494 e. The van der Waals surface area contributed by atoms with E-state index in [4.69, 9.17) is 11.6 Å². The highest BCUT2D eigenvalue weighted by Gasteiger charge is 2.16. The maximum atomic E-state index is 6.10. The number of hydrogen-bond donors (Lipinski definition) is 0. The second-order valence-electron chi connectivity index (χ2n) is 5.20. The topological polar surface area (TPSA) is 3.24 Å². The lowest BCUT2D eigenvalue weighted by atomic mass is 10.0. The van der Waals surface area contributed by atoms with E-state index >= 15 is 0 Å². The standard InChI is InChI=1S/C17H17BrClN/c18-16-8-7-14(11-19)17(10-16)20-9-3-6-13-4-1-2-5-15(13)12-20/h1-2,4-5,7-8,10H,3,6,9,11-12H2. The molecule has 0 aliphatic carbocycles. The number of halogens is 2. The van der Waals surface area contributed by atoms with Crippen molar-refractivity contribution in [1.29, 1.82) is 0 Å². The number of alkyl halides is 1. The molecule has 0 spiro atoms. The summed E-state index contributed by atoms with van der Waals surface area (Å²) in [5, 5.41) is 0. The van der Waals surface area contributed by atoms with Crippen LogP contribution in [0.2, 0.25) is 0 Å². The maximum absolute atomic E-state index is 6.10. The third-order valence-electron chi connectivity index (χ3n) is 3.89. The molecule has 0 aromatic heterocycles. The highest BCUT2D eigenvalue weighted by Crippen LogP contribution is 2.30. The molecule has 2 aromatic rings. The van der Waals surface area contributed by atoms with E-state index in [0.717, 1.165) is 24.0 Å². The van der Waals surface area contributed by atoms with Gasteiger partial charge in [0.05, 0.1) is 0 Å². The van der Waals surface area contributed by atoms with Crippen LogP contribution in [0.4, 0.5) is 5.69 Å². The minimum atomic E-state index is 0.556. The number of hydrogen-bond acceptors (Lipinski definition) is 1. The van der Waals surface area contributed by atoms with Crippen LogP contribution in [0.5, 0.6) is 0 Å². The van der Waals surface area contributed by atoms with Crippen LogP contribution in [-0.4, -0.2) is 6.54 Å². The highest BCUT2D eigenvalue weighted by atomic mass is 79.9. The highest BCUT2D eigenvalue weighted by molar-refractivity contribution is 9.10. The lowest BCUT2D eigenvalue weighted by Crippen LogP contribution is -2.23. The first-order valence-electron chi connectivity index (χ1n) is 6.94. The van der Waals surface area contributed by atoms with Crippen LogP contribution in [-0.2, 0) is 18.8 Å². The fourth-order valence-corrected chi connectivity index (χ4v) is 3.43. The Kier molecular flexibility index (Phi) is 4.32. The molecule has 1 aliphatic heterocycles. The van der Waals surface area contributed by atoms with E-state index in [-0.39, 0.29) is 0 Å². The Hall–Kier alpha value is -0.990. The van der Waals surface area contributed by atoms with Gasteiger partial charge >= 0.3 is 0 Å². The average Bonchev–Trinajstić information content (AvgIpc) is 2.69. The summed E-state index contributed by atoms with van der Waals surface area (Å²) in [4.78, 5) is 2.45. The Morgan fingerprint density at radius 3 is 2.70 bits per heavy atom. The van der Waals surface area contributed by atoms with E-state index in [1.54, 1.807) is 0 Å². The number of aryl methyl sites for hydroxylation is 1.